The maximum absolute atomic E-state index is 13.2. The molecule has 0 aliphatic heterocycles. The fourth-order valence-electron chi connectivity index (χ4n) is 1.70. The van der Waals surface area contributed by atoms with Crippen LogP contribution in [0.1, 0.15) is 24.2 Å². The Morgan fingerprint density at radius 2 is 2.05 bits per heavy atom. The maximum atomic E-state index is 13.2. The van der Waals surface area contributed by atoms with Crippen molar-refractivity contribution in [2.75, 3.05) is 0 Å². The summed E-state index contributed by atoms with van der Waals surface area (Å²) in [5, 5.41) is 18.6. The van der Waals surface area contributed by atoms with Gasteiger partial charge in [0.1, 0.15) is 17.3 Å². The largest absolute Gasteiger partial charge is 0.457 e. The van der Waals surface area contributed by atoms with Gasteiger partial charge in [0, 0.05) is 5.56 Å². The molecule has 0 saturated carbocycles. The molecule has 0 amide bonds. The van der Waals surface area contributed by atoms with Crippen LogP contribution < -0.4 is 4.74 Å². The Morgan fingerprint density at radius 1 is 1.30 bits per heavy atom. The van der Waals surface area contributed by atoms with E-state index >= 15 is 0 Å². The Kier molecular flexibility index (Phi) is 4.38. The van der Waals surface area contributed by atoms with E-state index < -0.39 is 6.10 Å². The first-order chi connectivity index (χ1) is 9.51. The first kappa shape index (κ1) is 14.5. The molecule has 2 rings (SSSR count). The molecule has 0 radical (unpaired) electrons. The van der Waals surface area contributed by atoms with Crippen molar-refractivity contribution >= 4 is 15.9 Å². The molecule has 0 fully saturated rings. The molecule has 20 heavy (non-hydrogen) atoms. The van der Waals surface area contributed by atoms with E-state index in [-0.39, 0.29) is 10.3 Å². The van der Waals surface area contributed by atoms with Gasteiger partial charge in [0.05, 0.1) is 22.2 Å². The van der Waals surface area contributed by atoms with E-state index in [1.807, 2.05) is 6.07 Å². The van der Waals surface area contributed by atoms with Gasteiger partial charge in [-0.15, -0.1) is 0 Å². The van der Waals surface area contributed by atoms with Gasteiger partial charge in [-0.1, -0.05) is 6.07 Å². The summed E-state index contributed by atoms with van der Waals surface area (Å²) in [6.07, 6.45) is -0.735. The van der Waals surface area contributed by atoms with E-state index in [9.17, 15) is 9.50 Å². The Balaban J connectivity index is 2.40. The minimum Gasteiger partial charge on any atom is -0.457 e. The molecule has 0 aliphatic rings. The lowest BCUT2D eigenvalue weighted by atomic mass is 10.1. The average Bonchev–Trinajstić information content (AvgIpc) is 2.42. The number of rotatable bonds is 3. The summed E-state index contributed by atoms with van der Waals surface area (Å²) in [6, 6.07) is 11.0. The van der Waals surface area contributed by atoms with E-state index in [0.717, 1.165) is 0 Å². The summed E-state index contributed by atoms with van der Waals surface area (Å²) < 4.78 is 19.1. The number of aliphatic hydroxyl groups is 1. The Hall–Kier alpha value is -1.90. The van der Waals surface area contributed by atoms with Crippen molar-refractivity contribution in [1.29, 1.82) is 5.26 Å². The van der Waals surface area contributed by atoms with Crippen molar-refractivity contribution in [2.45, 2.75) is 13.0 Å². The molecular formula is C15H11BrFNO2. The summed E-state index contributed by atoms with van der Waals surface area (Å²) in [6.45, 7) is 1.61. The first-order valence-corrected chi connectivity index (χ1v) is 6.65. The van der Waals surface area contributed by atoms with Gasteiger partial charge in [-0.05, 0) is 53.2 Å². The Labute approximate surface area is 124 Å². The monoisotopic (exact) mass is 335 g/mol. The van der Waals surface area contributed by atoms with Crippen molar-refractivity contribution in [3.63, 3.8) is 0 Å². The van der Waals surface area contributed by atoms with Crippen LogP contribution >= 0.6 is 15.9 Å². The molecule has 1 atom stereocenters. The zero-order valence-corrected chi connectivity index (χ0v) is 12.2. The molecule has 0 spiro atoms. The summed E-state index contributed by atoms with van der Waals surface area (Å²) in [5.74, 6) is 0.395. The number of halogens is 2. The van der Waals surface area contributed by atoms with Crippen molar-refractivity contribution in [1.82, 2.24) is 0 Å². The third kappa shape index (κ3) is 3.16. The number of hydrogen-bond donors (Lipinski definition) is 1. The van der Waals surface area contributed by atoms with Gasteiger partial charge >= 0.3 is 0 Å². The van der Waals surface area contributed by atoms with Crippen LogP contribution in [0.4, 0.5) is 4.39 Å². The highest BCUT2D eigenvalue weighted by atomic mass is 79.9. The molecular weight excluding hydrogens is 325 g/mol. The molecule has 3 nitrogen and oxygen atoms in total. The van der Waals surface area contributed by atoms with Crippen molar-refractivity contribution < 1.29 is 14.2 Å². The van der Waals surface area contributed by atoms with Crippen LogP contribution in [0.2, 0.25) is 0 Å². The van der Waals surface area contributed by atoms with Gasteiger partial charge in [-0.3, -0.25) is 0 Å². The minimum absolute atomic E-state index is 0.282. The zero-order valence-electron chi connectivity index (χ0n) is 10.6. The number of benzene rings is 2. The third-order valence-electron chi connectivity index (χ3n) is 2.71. The molecule has 0 aliphatic carbocycles. The van der Waals surface area contributed by atoms with Crippen LogP contribution in [0.3, 0.4) is 0 Å². The second-order valence-electron chi connectivity index (χ2n) is 4.22. The standard InChI is InChI=1S/C15H11BrFNO2/c1-9(19)12-4-2-10(8-18)6-15(12)20-11-3-5-14(17)13(16)7-11/h2-7,9,19H,1H3/t9-/m0/s1. The first-order valence-electron chi connectivity index (χ1n) is 5.86. The number of hydrogen-bond acceptors (Lipinski definition) is 3. The minimum atomic E-state index is -0.735. The lowest BCUT2D eigenvalue weighted by molar-refractivity contribution is 0.195. The van der Waals surface area contributed by atoms with Gasteiger partial charge in [0.25, 0.3) is 0 Å². The number of ether oxygens (including phenoxy) is 1. The van der Waals surface area contributed by atoms with Crippen molar-refractivity contribution in [3.05, 3.63) is 57.8 Å². The molecule has 0 heterocycles. The lowest BCUT2D eigenvalue weighted by Gasteiger charge is -2.13. The average molecular weight is 336 g/mol. The Bertz CT molecular complexity index is 680. The zero-order chi connectivity index (χ0) is 14.7. The SMILES string of the molecule is C[C@H](O)c1ccc(C#N)cc1Oc1ccc(F)c(Br)c1. The summed E-state index contributed by atoms with van der Waals surface area (Å²) >= 11 is 3.08. The van der Waals surface area contributed by atoms with Crippen LogP contribution in [0.25, 0.3) is 0 Å². The van der Waals surface area contributed by atoms with Gasteiger partial charge in [-0.2, -0.15) is 5.26 Å². The van der Waals surface area contributed by atoms with E-state index in [2.05, 4.69) is 15.9 Å². The molecule has 2 aromatic carbocycles. The van der Waals surface area contributed by atoms with E-state index in [1.54, 1.807) is 25.1 Å². The summed E-state index contributed by atoms with van der Waals surface area (Å²) in [7, 11) is 0. The predicted octanol–water partition coefficient (Wildman–Crippen LogP) is 4.31. The highest BCUT2D eigenvalue weighted by Crippen LogP contribution is 2.32. The van der Waals surface area contributed by atoms with Gasteiger partial charge in [0.2, 0.25) is 0 Å². The lowest BCUT2D eigenvalue weighted by Crippen LogP contribution is -1.97. The third-order valence-corrected chi connectivity index (χ3v) is 3.32. The second kappa shape index (κ2) is 6.04. The smallest absolute Gasteiger partial charge is 0.137 e. The van der Waals surface area contributed by atoms with Gasteiger partial charge in [-0.25, -0.2) is 4.39 Å². The number of aliphatic hydroxyl groups excluding tert-OH is 1. The summed E-state index contributed by atoms with van der Waals surface area (Å²) in [5.41, 5.74) is 0.982. The molecule has 5 heteroatoms. The molecule has 0 aromatic heterocycles. The van der Waals surface area contributed by atoms with Crippen LogP contribution in [-0.2, 0) is 0 Å². The highest BCUT2D eigenvalue weighted by molar-refractivity contribution is 9.10. The fourth-order valence-corrected chi connectivity index (χ4v) is 2.06. The quantitative estimate of drug-likeness (QED) is 0.909. The van der Waals surface area contributed by atoms with Crippen LogP contribution in [0.15, 0.2) is 40.9 Å². The predicted molar refractivity (Wildman–Crippen MR) is 76.0 cm³/mol. The number of nitriles is 1. The fraction of sp³-hybridized carbons (Fsp3) is 0.133. The molecule has 2 aromatic rings. The van der Waals surface area contributed by atoms with Crippen LogP contribution in [0, 0.1) is 17.1 Å². The highest BCUT2D eigenvalue weighted by Gasteiger charge is 2.12. The van der Waals surface area contributed by atoms with E-state index in [4.69, 9.17) is 10.00 Å². The molecule has 102 valence electrons. The van der Waals surface area contributed by atoms with Gasteiger partial charge < -0.3 is 9.84 Å². The maximum Gasteiger partial charge on any atom is 0.137 e. The topological polar surface area (TPSA) is 53.2 Å². The Morgan fingerprint density at radius 3 is 2.65 bits per heavy atom. The number of nitrogens with zero attached hydrogens (tertiary/aromatic N) is 1. The molecule has 0 unspecified atom stereocenters. The second-order valence-corrected chi connectivity index (χ2v) is 5.07. The van der Waals surface area contributed by atoms with E-state index in [0.29, 0.717) is 22.6 Å². The van der Waals surface area contributed by atoms with Crippen molar-refractivity contribution in [3.8, 4) is 17.6 Å². The molecule has 1 N–H and O–H groups in total. The van der Waals surface area contributed by atoms with Gasteiger partial charge in [0.15, 0.2) is 0 Å². The van der Waals surface area contributed by atoms with Crippen molar-refractivity contribution in [2.24, 2.45) is 0 Å². The normalized spacial score (nSPS) is 11.8. The molecule has 0 saturated heterocycles. The summed E-state index contributed by atoms with van der Waals surface area (Å²) in [4.78, 5) is 0. The van der Waals surface area contributed by atoms with Crippen LogP contribution in [0.5, 0.6) is 11.5 Å². The van der Waals surface area contributed by atoms with E-state index in [1.165, 1.54) is 18.2 Å². The molecule has 0 bridgehead atoms. The van der Waals surface area contributed by atoms with Crippen LogP contribution in [-0.4, -0.2) is 5.11 Å².